The zero-order chi connectivity index (χ0) is 28.3. The summed E-state index contributed by atoms with van der Waals surface area (Å²) in [5.41, 5.74) is 10.2. The lowest BCUT2D eigenvalue weighted by atomic mass is 9.83. The summed E-state index contributed by atoms with van der Waals surface area (Å²) in [6, 6.07) is 57.9. The second-order valence-electron chi connectivity index (χ2n) is 11.2. The van der Waals surface area contributed by atoms with Gasteiger partial charge in [-0.1, -0.05) is 151 Å². The Bertz CT molecular complexity index is 2310. The van der Waals surface area contributed by atoms with Crippen LogP contribution in [0.1, 0.15) is 0 Å². The molecule has 0 bridgehead atoms. The summed E-state index contributed by atoms with van der Waals surface area (Å²) in [5, 5.41) is 7.79. The maximum Gasteiger partial charge on any atom is 0.0207 e. The van der Waals surface area contributed by atoms with E-state index in [0.29, 0.717) is 0 Å². The van der Waals surface area contributed by atoms with E-state index in [2.05, 4.69) is 158 Å². The molecule has 0 nitrogen and oxygen atoms in total. The molecular formula is C42H26S. The van der Waals surface area contributed by atoms with Crippen LogP contribution in [0.5, 0.6) is 0 Å². The van der Waals surface area contributed by atoms with Crippen LogP contribution in [0.15, 0.2) is 168 Å². The van der Waals surface area contributed by atoms with Crippen molar-refractivity contribution in [3.8, 4) is 44.5 Å². The van der Waals surface area contributed by atoms with E-state index < -0.39 is 0 Å². The van der Waals surface area contributed by atoms with Crippen LogP contribution in [0, 0.1) is 0 Å². The lowest BCUT2D eigenvalue weighted by Gasteiger charge is -2.23. The monoisotopic (exact) mass is 562 g/mol. The van der Waals surface area contributed by atoms with Crippen LogP contribution in [0.4, 0.5) is 0 Å². The third kappa shape index (κ3) is 3.79. The Kier molecular flexibility index (Phi) is 5.54. The molecular weight excluding hydrogens is 537 g/mol. The number of hydrogen-bond donors (Lipinski definition) is 0. The molecule has 0 aliphatic carbocycles. The highest BCUT2D eigenvalue weighted by Crippen LogP contribution is 2.51. The average Bonchev–Trinajstić information content (AvgIpc) is 3.08. The molecule has 0 amide bonds. The van der Waals surface area contributed by atoms with Crippen molar-refractivity contribution in [2.75, 3.05) is 0 Å². The van der Waals surface area contributed by atoms with E-state index in [1.165, 1.54) is 86.6 Å². The van der Waals surface area contributed by atoms with E-state index >= 15 is 0 Å². The summed E-state index contributed by atoms with van der Waals surface area (Å²) in [7, 11) is 0. The molecule has 0 aromatic heterocycles. The van der Waals surface area contributed by atoms with Gasteiger partial charge >= 0.3 is 0 Å². The number of hydrogen-bond acceptors (Lipinski definition) is 1. The van der Waals surface area contributed by atoms with Crippen LogP contribution in [0.25, 0.3) is 76.8 Å². The van der Waals surface area contributed by atoms with Gasteiger partial charge in [-0.2, -0.15) is 0 Å². The van der Waals surface area contributed by atoms with Crippen LogP contribution in [-0.4, -0.2) is 0 Å². The highest BCUT2D eigenvalue weighted by Gasteiger charge is 2.23. The maximum absolute atomic E-state index is 2.35. The minimum atomic E-state index is 1.23. The molecule has 1 aliphatic rings. The van der Waals surface area contributed by atoms with E-state index in [1.807, 2.05) is 11.8 Å². The third-order valence-corrected chi connectivity index (χ3v) is 9.99. The summed E-state index contributed by atoms with van der Waals surface area (Å²) >= 11 is 1.89. The number of rotatable bonds is 3. The first kappa shape index (κ1) is 24.5. The normalized spacial score (nSPS) is 12.1. The zero-order valence-electron chi connectivity index (χ0n) is 23.4. The molecule has 0 N–H and O–H groups in total. The first-order valence-corrected chi connectivity index (χ1v) is 15.6. The van der Waals surface area contributed by atoms with Gasteiger partial charge in [0.05, 0.1) is 0 Å². The van der Waals surface area contributed by atoms with Crippen LogP contribution in [0.3, 0.4) is 0 Å². The largest absolute Gasteiger partial charge is 0.0888 e. The van der Waals surface area contributed by atoms with Crippen LogP contribution < -0.4 is 0 Å². The molecule has 0 fully saturated rings. The topological polar surface area (TPSA) is 0 Å². The Hall–Kier alpha value is -5.11. The molecule has 0 saturated carbocycles. The third-order valence-electron chi connectivity index (χ3n) is 8.86. The zero-order valence-corrected chi connectivity index (χ0v) is 24.2. The van der Waals surface area contributed by atoms with Crippen molar-refractivity contribution in [1.29, 1.82) is 0 Å². The highest BCUT2D eigenvalue weighted by atomic mass is 32.2. The van der Waals surface area contributed by atoms with Crippen molar-refractivity contribution in [3.05, 3.63) is 158 Å². The van der Waals surface area contributed by atoms with Crippen molar-refractivity contribution >= 4 is 44.1 Å². The summed E-state index contributed by atoms with van der Waals surface area (Å²) in [5.74, 6) is 0. The fourth-order valence-electron chi connectivity index (χ4n) is 7.01. The molecule has 1 aliphatic heterocycles. The smallest absolute Gasteiger partial charge is 0.0207 e. The van der Waals surface area contributed by atoms with Gasteiger partial charge in [0.15, 0.2) is 0 Å². The molecule has 8 aromatic carbocycles. The van der Waals surface area contributed by atoms with E-state index in [1.54, 1.807) is 0 Å². The molecule has 1 heterocycles. The minimum Gasteiger partial charge on any atom is -0.0888 e. The Morgan fingerprint density at radius 3 is 1.63 bits per heavy atom. The molecule has 0 unspecified atom stereocenters. The Morgan fingerprint density at radius 2 is 0.860 bits per heavy atom. The maximum atomic E-state index is 2.35. The molecule has 1 heteroatoms. The Labute approximate surface area is 255 Å². The molecule has 0 saturated heterocycles. The second-order valence-corrected chi connectivity index (χ2v) is 12.3. The lowest BCUT2D eigenvalue weighted by molar-refractivity contribution is 1.40. The lowest BCUT2D eigenvalue weighted by Crippen LogP contribution is -1.95. The van der Waals surface area contributed by atoms with Crippen molar-refractivity contribution in [1.82, 2.24) is 0 Å². The molecule has 8 aromatic rings. The predicted molar refractivity (Wildman–Crippen MR) is 185 cm³/mol. The standard InChI is InChI=1S/C42H26S/c1-2-12-27(13-3-1)28-14-10-15-29(26-28)40-32-17-4-6-19-34(32)41(35-20-7-5-18-33(35)40)37-24-25-39-42-31(21-11-22-36(37)42)30-16-8-9-23-38(30)43-39/h1-26H. The highest BCUT2D eigenvalue weighted by molar-refractivity contribution is 7.99. The van der Waals surface area contributed by atoms with Crippen LogP contribution in [-0.2, 0) is 0 Å². The summed E-state index contributed by atoms with van der Waals surface area (Å²) in [6.07, 6.45) is 0. The SMILES string of the molecule is c1ccc(-c2cccc(-c3c4ccccc4c(-c4ccc5c6c(cccc46)-c4ccccc4S5)c4ccccc34)c2)cc1. The van der Waals surface area contributed by atoms with Crippen molar-refractivity contribution in [3.63, 3.8) is 0 Å². The first-order chi connectivity index (χ1) is 21.3. The van der Waals surface area contributed by atoms with Gasteiger partial charge in [-0.05, 0) is 89.6 Å². The summed E-state index contributed by atoms with van der Waals surface area (Å²) < 4.78 is 0. The van der Waals surface area contributed by atoms with Gasteiger partial charge in [0.2, 0.25) is 0 Å². The predicted octanol–water partition coefficient (Wildman–Crippen LogP) is 12.3. The van der Waals surface area contributed by atoms with Gasteiger partial charge in [0.1, 0.15) is 0 Å². The Balaban J connectivity index is 1.36. The second kappa shape index (κ2) is 9.73. The summed E-state index contributed by atoms with van der Waals surface area (Å²) in [6.45, 7) is 0. The fraction of sp³-hybridized carbons (Fsp3) is 0. The van der Waals surface area contributed by atoms with Crippen molar-refractivity contribution in [2.24, 2.45) is 0 Å². The molecule has 0 spiro atoms. The van der Waals surface area contributed by atoms with Gasteiger partial charge in [-0.3, -0.25) is 0 Å². The van der Waals surface area contributed by atoms with E-state index in [4.69, 9.17) is 0 Å². The molecule has 200 valence electrons. The average molecular weight is 563 g/mol. The Morgan fingerprint density at radius 1 is 0.302 bits per heavy atom. The van der Waals surface area contributed by atoms with Crippen LogP contribution >= 0.6 is 11.8 Å². The molecule has 0 radical (unpaired) electrons. The van der Waals surface area contributed by atoms with Gasteiger partial charge < -0.3 is 0 Å². The van der Waals surface area contributed by atoms with Gasteiger partial charge in [-0.15, -0.1) is 0 Å². The molecule has 0 atom stereocenters. The minimum absolute atomic E-state index is 1.23. The molecule has 9 rings (SSSR count). The van der Waals surface area contributed by atoms with Gasteiger partial charge in [0, 0.05) is 15.2 Å². The van der Waals surface area contributed by atoms with E-state index in [0.717, 1.165) is 0 Å². The summed E-state index contributed by atoms with van der Waals surface area (Å²) in [4.78, 5) is 2.66. The first-order valence-electron chi connectivity index (χ1n) is 14.8. The van der Waals surface area contributed by atoms with Crippen LogP contribution in [0.2, 0.25) is 0 Å². The van der Waals surface area contributed by atoms with Crippen molar-refractivity contribution < 1.29 is 0 Å². The van der Waals surface area contributed by atoms with E-state index in [-0.39, 0.29) is 0 Å². The fourth-order valence-corrected chi connectivity index (χ4v) is 8.14. The van der Waals surface area contributed by atoms with Crippen molar-refractivity contribution in [2.45, 2.75) is 9.79 Å². The number of fused-ring (bicyclic) bond motifs is 4. The van der Waals surface area contributed by atoms with Gasteiger partial charge in [0.25, 0.3) is 0 Å². The number of benzene rings is 8. The van der Waals surface area contributed by atoms with E-state index in [9.17, 15) is 0 Å². The molecule has 43 heavy (non-hydrogen) atoms. The van der Waals surface area contributed by atoms with Gasteiger partial charge in [-0.25, -0.2) is 0 Å². The quantitative estimate of drug-likeness (QED) is 0.193.